The lowest BCUT2D eigenvalue weighted by atomic mass is 10.1. The zero-order valence-corrected chi connectivity index (χ0v) is 19.0. The van der Waals surface area contributed by atoms with Gasteiger partial charge in [-0.15, -0.1) is 11.3 Å². The van der Waals surface area contributed by atoms with E-state index in [0.29, 0.717) is 11.3 Å². The second kappa shape index (κ2) is 8.65. The topological polar surface area (TPSA) is 101 Å². The van der Waals surface area contributed by atoms with Gasteiger partial charge in [0.25, 0.3) is 0 Å². The highest BCUT2D eigenvalue weighted by molar-refractivity contribution is 7.89. The minimum absolute atomic E-state index is 0.0159. The molecule has 164 valence electrons. The zero-order chi connectivity index (χ0) is 22.9. The first-order valence-electron chi connectivity index (χ1n) is 9.64. The molecule has 10 heteroatoms. The SMILES string of the molecule is CC(=O)c1ccc(S(=O)(=O)N(C)CC(=O)Nc2ccc(-c3cn4ccsc4n3)cc2)cc1. The van der Waals surface area contributed by atoms with Crippen molar-refractivity contribution in [3.05, 3.63) is 71.9 Å². The highest BCUT2D eigenvalue weighted by atomic mass is 32.2. The predicted octanol–water partition coefficient (Wildman–Crippen LogP) is 3.52. The molecular weight excluding hydrogens is 448 g/mol. The van der Waals surface area contributed by atoms with Crippen molar-refractivity contribution in [1.29, 1.82) is 0 Å². The Balaban J connectivity index is 1.40. The number of aromatic nitrogens is 2. The van der Waals surface area contributed by atoms with Crippen molar-refractivity contribution in [2.24, 2.45) is 0 Å². The minimum atomic E-state index is -3.87. The van der Waals surface area contributed by atoms with E-state index in [-0.39, 0.29) is 17.2 Å². The fourth-order valence-electron chi connectivity index (χ4n) is 3.12. The van der Waals surface area contributed by atoms with E-state index in [0.717, 1.165) is 20.5 Å². The van der Waals surface area contributed by atoms with Crippen LogP contribution in [0.2, 0.25) is 0 Å². The Morgan fingerprint density at radius 3 is 2.41 bits per heavy atom. The van der Waals surface area contributed by atoms with Crippen LogP contribution in [0.15, 0.2) is 71.2 Å². The van der Waals surface area contributed by atoms with Crippen molar-refractivity contribution in [3.8, 4) is 11.3 Å². The van der Waals surface area contributed by atoms with Crippen LogP contribution in [-0.2, 0) is 14.8 Å². The van der Waals surface area contributed by atoms with Crippen molar-refractivity contribution in [2.75, 3.05) is 18.9 Å². The van der Waals surface area contributed by atoms with Crippen molar-refractivity contribution < 1.29 is 18.0 Å². The Hall–Kier alpha value is -3.34. The fourth-order valence-corrected chi connectivity index (χ4v) is 4.95. The monoisotopic (exact) mass is 468 g/mol. The van der Waals surface area contributed by atoms with Crippen LogP contribution < -0.4 is 5.32 Å². The Morgan fingerprint density at radius 2 is 1.78 bits per heavy atom. The lowest BCUT2D eigenvalue weighted by Gasteiger charge is -2.17. The van der Waals surface area contributed by atoms with Crippen LogP contribution in [0.4, 0.5) is 5.69 Å². The highest BCUT2D eigenvalue weighted by Crippen LogP contribution is 2.23. The molecule has 2 heterocycles. The lowest BCUT2D eigenvalue weighted by molar-refractivity contribution is -0.116. The number of hydrogen-bond donors (Lipinski definition) is 1. The Morgan fingerprint density at radius 1 is 1.09 bits per heavy atom. The first-order valence-corrected chi connectivity index (χ1v) is 12.0. The highest BCUT2D eigenvalue weighted by Gasteiger charge is 2.23. The number of rotatable bonds is 7. The van der Waals surface area contributed by atoms with Gasteiger partial charge in [0.15, 0.2) is 10.7 Å². The van der Waals surface area contributed by atoms with Crippen molar-refractivity contribution in [1.82, 2.24) is 13.7 Å². The van der Waals surface area contributed by atoms with E-state index >= 15 is 0 Å². The summed E-state index contributed by atoms with van der Waals surface area (Å²) in [4.78, 5) is 29.2. The molecule has 0 fully saturated rings. The first-order chi connectivity index (χ1) is 15.2. The van der Waals surface area contributed by atoms with Gasteiger partial charge in [0.2, 0.25) is 15.9 Å². The number of imidazole rings is 1. The van der Waals surface area contributed by atoms with Crippen LogP contribution in [0.5, 0.6) is 0 Å². The number of carbonyl (C=O) groups is 2. The van der Waals surface area contributed by atoms with Gasteiger partial charge in [0, 0.05) is 41.6 Å². The number of carbonyl (C=O) groups excluding carboxylic acids is 2. The number of fused-ring (bicyclic) bond motifs is 1. The maximum atomic E-state index is 12.7. The molecule has 1 N–H and O–H groups in total. The molecule has 0 aliphatic rings. The van der Waals surface area contributed by atoms with Crippen LogP contribution >= 0.6 is 11.3 Å². The van der Waals surface area contributed by atoms with E-state index in [9.17, 15) is 18.0 Å². The van der Waals surface area contributed by atoms with Crippen molar-refractivity contribution >= 4 is 43.7 Å². The summed E-state index contributed by atoms with van der Waals surface area (Å²) in [5.74, 6) is -0.618. The number of anilines is 1. The van der Waals surface area contributed by atoms with E-state index < -0.39 is 15.9 Å². The van der Waals surface area contributed by atoms with Gasteiger partial charge in [-0.2, -0.15) is 4.31 Å². The normalized spacial score (nSPS) is 11.7. The number of hydrogen-bond acceptors (Lipinski definition) is 6. The summed E-state index contributed by atoms with van der Waals surface area (Å²) < 4.78 is 28.3. The molecule has 0 unspecified atom stereocenters. The van der Waals surface area contributed by atoms with Gasteiger partial charge in [-0.05, 0) is 31.2 Å². The van der Waals surface area contributed by atoms with Gasteiger partial charge in [-0.25, -0.2) is 13.4 Å². The summed E-state index contributed by atoms with van der Waals surface area (Å²) in [5, 5.41) is 4.67. The molecule has 0 aliphatic heterocycles. The molecule has 0 saturated carbocycles. The summed E-state index contributed by atoms with van der Waals surface area (Å²) in [5.41, 5.74) is 2.71. The quantitative estimate of drug-likeness (QED) is 0.418. The van der Waals surface area contributed by atoms with Crippen LogP contribution in [0.25, 0.3) is 16.2 Å². The summed E-state index contributed by atoms with van der Waals surface area (Å²) in [6, 6.07) is 12.8. The van der Waals surface area contributed by atoms with E-state index in [4.69, 9.17) is 0 Å². The second-order valence-corrected chi connectivity index (χ2v) is 10.1. The molecule has 0 bridgehead atoms. The molecule has 0 radical (unpaired) electrons. The molecule has 0 saturated heterocycles. The van der Waals surface area contributed by atoms with Crippen LogP contribution in [-0.4, -0.2) is 47.4 Å². The van der Waals surface area contributed by atoms with Gasteiger partial charge < -0.3 is 5.32 Å². The smallest absolute Gasteiger partial charge is 0.243 e. The van der Waals surface area contributed by atoms with E-state index in [1.165, 1.54) is 38.2 Å². The predicted molar refractivity (Wildman–Crippen MR) is 123 cm³/mol. The standard InChI is InChI=1S/C22H20N4O4S2/c1-15(27)16-5-9-19(10-6-16)32(29,30)25(2)14-21(28)23-18-7-3-17(4-8-18)20-13-26-11-12-31-22(26)24-20/h3-13H,14H2,1-2H3,(H,23,28). The summed E-state index contributed by atoms with van der Waals surface area (Å²) >= 11 is 1.55. The van der Waals surface area contributed by atoms with Gasteiger partial charge in [0.05, 0.1) is 17.1 Å². The largest absolute Gasteiger partial charge is 0.325 e. The molecule has 2 aromatic carbocycles. The third-order valence-electron chi connectivity index (χ3n) is 4.89. The summed E-state index contributed by atoms with van der Waals surface area (Å²) in [6.07, 6.45) is 3.87. The van der Waals surface area contributed by atoms with E-state index in [2.05, 4.69) is 10.3 Å². The van der Waals surface area contributed by atoms with Gasteiger partial charge in [-0.3, -0.25) is 14.0 Å². The molecule has 0 aliphatic carbocycles. The number of sulfonamides is 1. The number of nitrogens with one attached hydrogen (secondary N) is 1. The maximum Gasteiger partial charge on any atom is 0.243 e. The summed E-state index contributed by atoms with van der Waals surface area (Å²) in [7, 11) is -2.53. The van der Waals surface area contributed by atoms with Crippen LogP contribution in [0.1, 0.15) is 17.3 Å². The average molecular weight is 469 g/mol. The number of nitrogens with zero attached hydrogens (tertiary/aromatic N) is 3. The maximum absolute atomic E-state index is 12.7. The molecule has 2 aromatic heterocycles. The zero-order valence-electron chi connectivity index (χ0n) is 17.3. The Bertz CT molecular complexity index is 1360. The molecule has 1 amide bonds. The molecule has 0 atom stereocenters. The van der Waals surface area contributed by atoms with Crippen LogP contribution in [0, 0.1) is 0 Å². The molecule has 4 aromatic rings. The van der Waals surface area contributed by atoms with Gasteiger partial charge >= 0.3 is 0 Å². The third kappa shape index (κ3) is 4.47. The van der Waals surface area contributed by atoms with Gasteiger partial charge in [0.1, 0.15) is 0 Å². The number of amides is 1. The van der Waals surface area contributed by atoms with Gasteiger partial charge in [-0.1, -0.05) is 24.3 Å². The Labute approximate surface area is 189 Å². The third-order valence-corrected chi connectivity index (χ3v) is 7.48. The fraction of sp³-hybridized carbons (Fsp3) is 0.136. The lowest BCUT2D eigenvalue weighted by Crippen LogP contribution is -2.35. The number of benzene rings is 2. The molecule has 0 spiro atoms. The molecular formula is C22H20N4O4S2. The van der Waals surface area contributed by atoms with E-state index in [1.807, 2.05) is 34.3 Å². The number of ketones is 1. The van der Waals surface area contributed by atoms with E-state index in [1.54, 1.807) is 23.5 Å². The number of likely N-dealkylation sites (N-methyl/N-ethyl adjacent to an activating group) is 1. The van der Waals surface area contributed by atoms with Crippen molar-refractivity contribution in [2.45, 2.75) is 11.8 Å². The molecule has 4 rings (SSSR count). The Kier molecular flexibility index (Phi) is 5.92. The van der Waals surface area contributed by atoms with Crippen LogP contribution in [0.3, 0.4) is 0 Å². The minimum Gasteiger partial charge on any atom is -0.325 e. The average Bonchev–Trinajstić information content (AvgIpc) is 3.36. The molecule has 32 heavy (non-hydrogen) atoms. The summed E-state index contributed by atoms with van der Waals surface area (Å²) in [6.45, 7) is 1.06. The second-order valence-electron chi connectivity index (χ2n) is 7.19. The number of Topliss-reactive ketones (excluding diaryl/α,β-unsaturated/α-hetero) is 1. The molecule has 8 nitrogen and oxygen atoms in total. The number of thiazole rings is 1. The first kappa shape index (κ1) is 21.9. The van der Waals surface area contributed by atoms with Crippen molar-refractivity contribution in [3.63, 3.8) is 0 Å².